The molecule has 0 amide bonds. The number of aryl methyl sites for hydroxylation is 1. The van der Waals surface area contributed by atoms with Crippen molar-refractivity contribution in [1.29, 1.82) is 5.26 Å². The van der Waals surface area contributed by atoms with E-state index in [0.717, 1.165) is 11.3 Å². The molecule has 0 unspecified atom stereocenters. The van der Waals surface area contributed by atoms with Crippen molar-refractivity contribution in [1.82, 2.24) is 4.98 Å². The van der Waals surface area contributed by atoms with E-state index in [4.69, 9.17) is 5.26 Å². The summed E-state index contributed by atoms with van der Waals surface area (Å²) < 4.78 is 0. The first-order chi connectivity index (χ1) is 8.61. The van der Waals surface area contributed by atoms with Crippen LogP contribution in [0.2, 0.25) is 0 Å². The minimum atomic E-state index is -0.516. The van der Waals surface area contributed by atoms with E-state index < -0.39 is 4.92 Å². The number of aromatic nitrogens is 1. The van der Waals surface area contributed by atoms with Crippen molar-refractivity contribution in [3.05, 3.63) is 57.9 Å². The minimum Gasteiger partial charge on any atom is -0.261 e. The summed E-state index contributed by atoms with van der Waals surface area (Å²) in [5.41, 5.74) is 2.48. The molecule has 0 N–H and O–H groups in total. The highest BCUT2D eigenvalue weighted by molar-refractivity contribution is 5.71. The number of pyridine rings is 1. The van der Waals surface area contributed by atoms with E-state index >= 15 is 0 Å². The molecule has 0 saturated heterocycles. The summed E-state index contributed by atoms with van der Waals surface area (Å²) in [5, 5.41) is 19.7. The third-order valence-corrected chi connectivity index (χ3v) is 2.56. The van der Waals surface area contributed by atoms with Gasteiger partial charge in [-0.05, 0) is 19.1 Å². The Kier molecular flexibility index (Phi) is 3.02. The minimum absolute atomic E-state index is 0.0876. The molecule has 18 heavy (non-hydrogen) atoms. The number of benzene rings is 1. The number of nitro benzene ring substituents is 1. The molecule has 5 nitrogen and oxygen atoms in total. The second kappa shape index (κ2) is 4.63. The van der Waals surface area contributed by atoms with Crippen molar-refractivity contribution in [2.45, 2.75) is 6.92 Å². The summed E-state index contributed by atoms with van der Waals surface area (Å²) in [7, 11) is 0. The van der Waals surface area contributed by atoms with Crippen LogP contribution in [0.5, 0.6) is 0 Å². The maximum Gasteiger partial charge on any atom is 0.270 e. The van der Waals surface area contributed by atoms with Gasteiger partial charge in [-0.15, -0.1) is 0 Å². The molecule has 0 atom stereocenters. The Bertz CT molecular complexity index is 642. The van der Waals surface area contributed by atoms with E-state index in [1.807, 2.05) is 25.1 Å². The zero-order valence-electron chi connectivity index (χ0n) is 9.62. The van der Waals surface area contributed by atoms with E-state index in [1.165, 1.54) is 12.1 Å². The van der Waals surface area contributed by atoms with Gasteiger partial charge in [0.1, 0.15) is 6.07 Å². The zero-order valence-corrected chi connectivity index (χ0v) is 9.62. The fraction of sp³-hybridized carbons (Fsp3) is 0.0769. The van der Waals surface area contributed by atoms with Crippen LogP contribution in [0, 0.1) is 28.4 Å². The topological polar surface area (TPSA) is 79.8 Å². The molecule has 0 bridgehead atoms. The lowest BCUT2D eigenvalue weighted by Crippen LogP contribution is -1.92. The van der Waals surface area contributed by atoms with Crippen molar-refractivity contribution < 1.29 is 4.92 Å². The third kappa shape index (κ3) is 2.18. The first-order valence-corrected chi connectivity index (χ1v) is 5.23. The van der Waals surface area contributed by atoms with Crippen LogP contribution in [0.1, 0.15) is 11.3 Å². The Balaban J connectivity index is 2.55. The quantitative estimate of drug-likeness (QED) is 0.596. The summed E-state index contributed by atoms with van der Waals surface area (Å²) in [6, 6.07) is 9.87. The highest BCUT2D eigenvalue weighted by Crippen LogP contribution is 2.26. The maximum atomic E-state index is 10.6. The first kappa shape index (κ1) is 11.7. The SMILES string of the molecule is Cc1ccc(-c2ccc([N+](=O)[O-])cc2C#N)cn1. The average molecular weight is 239 g/mol. The van der Waals surface area contributed by atoms with Crippen LogP contribution in [0.15, 0.2) is 36.5 Å². The second-order valence-corrected chi connectivity index (χ2v) is 3.79. The molecular formula is C13H9N3O2. The van der Waals surface area contributed by atoms with Crippen LogP contribution >= 0.6 is 0 Å². The van der Waals surface area contributed by atoms with Gasteiger partial charge in [-0.1, -0.05) is 6.07 Å². The summed E-state index contributed by atoms with van der Waals surface area (Å²) in [4.78, 5) is 14.3. The van der Waals surface area contributed by atoms with Gasteiger partial charge in [-0.2, -0.15) is 5.26 Å². The molecule has 0 fully saturated rings. The molecule has 0 aliphatic heterocycles. The summed E-state index contributed by atoms with van der Waals surface area (Å²) in [6.07, 6.45) is 1.65. The van der Waals surface area contributed by atoms with Gasteiger partial charge < -0.3 is 0 Å². The van der Waals surface area contributed by atoms with Crippen LogP contribution in [0.25, 0.3) is 11.1 Å². The summed E-state index contributed by atoms with van der Waals surface area (Å²) >= 11 is 0. The van der Waals surface area contributed by atoms with E-state index in [0.29, 0.717) is 5.56 Å². The molecular weight excluding hydrogens is 230 g/mol. The molecule has 1 aromatic heterocycles. The molecule has 0 aliphatic rings. The Morgan fingerprint density at radius 3 is 2.67 bits per heavy atom. The molecule has 0 aliphatic carbocycles. The molecule has 88 valence electrons. The van der Waals surface area contributed by atoms with E-state index in [2.05, 4.69) is 4.98 Å². The normalized spacial score (nSPS) is 9.78. The molecule has 0 spiro atoms. The molecule has 2 aromatic rings. The van der Waals surface area contributed by atoms with Crippen LogP contribution in [-0.2, 0) is 0 Å². The molecule has 0 saturated carbocycles. The fourth-order valence-corrected chi connectivity index (χ4v) is 1.62. The monoisotopic (exact) mass is 239 g/mol. The number of hydrogen-bond donors (Lipinski definition) is 0. The Morgan fingerprint density at radius 2 is 2.11 bits per heavy atom. The van der Waals surface area contributed by atoms with Crippen LogP contribution in [-0.4, -0.2) is 9.91 Å². The third-order valence-electron chi connectivity index (χ3n) is 2.56. The number of hydrogen-bond acceptors (Lipinski definition) is 4. The van der Waals surface area contributed by atoms with E-state index in [1.54, 1.807) is 12.3 Å². The highest BCUT2D eigenvalue weighted by Gasteiger charge is 2.11. The maximum absolute atomic E-state index is 10.6. The first-order valence-electron chi connectivity index (χ1n) is 5.23. The molecule has 2 rings (SSSR count). The van der Waals surface area contributed by atoms with Gasteiger partial charge in [0.25, 0.3) is 5.69 Å². The predicted molar refractivity (Wildman–Crippen MR) is 65.8 cm³/mol. The van der Waals surface area contributed by atoms with Crippen molar-refractivity contribution in [2.24, 2.45) is 0 Å². The Morgan fingerprint density at radius 1 is 1.33 bits per heavy atom. The van der Waals surface area contributed by atoms with Crippen molar-refractivity contribution in [2.75, 3.05) is 0 Å². The zero-order chi connectivity index (χ0) is 13.1. The van der Waals surface area contributed by atoms with Gasteiger partial charge in [0.2, 0.25) is 0 Å². The predicted octanol–water partition coefficient (Wildman–Crippen LogP) is 2.84. The van der Waals surface area contributed by atoms with Crippen LogP contribution in [0.3, 0.4) is 0 Å². The van der Waals surface area contributed by atoms with Gasteiger partial charge in [0, 0.05) is 35.2 Å². The lowest BCUT2D eigenvalue weighted by molar-refractivity contribution is -0.384. The standard InChI is InChI=1S/C13H9N3O2/c1-9-2-3-10(8-15-9)13-5-4-12(16(17)18)6-11(13)7-14/h2-6,8H,1H3. The van der Waals surface area contributed by atoms with Gasteiger partial charge in [-0.25, -0.2) is 0 Å². The second-order valence-electron chi connectivity index (χ2n) is 3.79. The van der Waals surface area contributed by atoms with E-state index in [9.17, 15) is 10.1 Å². The average Bonchev–Trinajstić information content (AvgIpc) is 2.39. The van der Waals surface area contributed by atoms with Crippen LogP contribution in [0.4, 0.5) is 5.69 Å². The van der Waals surface area contributed by atoms with Crippen molar-refractivity contribution >= 4 is 5.69 Å². The van der Waals surface area contributed by atoms with Gasteiger partial charge in [0.15, 0.2) is 0 Å². The Labute approximate surface area is 103 Å². The van der Waals surface area contributed by atoms with Gasteiger partial charge in [0.05, 0.1) is 10.5 Å². The van der Waals surface area contributed by atoms with Gasteiger partial charge >= 0.3 is 0 Å². The molecule has 5 heteroatoms. The lowest BCUT2D eigenvalue weighted by Gasteiger charge is -2.04. The summed E-state index contributed by atoms with van der Waals surface area (Å²) in [5.74, 6) is 0. The van der Waals surface area contributed by atoms with Crippen molar-refractivity contribution in [3.8, 4) is 17.2 Å². The van der Waals surface area contributed by atoms with Crippen LogP contribution < -0.4 is 0 Å². The van der Waals surface area contributed by atoms with Gasteiger partial charge in [-0.3, -0.25) is 15.1 Å². The smallest absolute Gasteiger partial charge is 0.261 e. The molecule has 1 heterocycles. The number of nitriles is 1. The number of nitro groups is 1. The lowest BCUT2D eigenvalue weighted by atomic mass is 10.0. The largest absolute Gasteiger partial charge is 0.270 e. The molecule has 0 radical (unpaired) electrons. The summed E-state index contributed by atoms with van der Waals surface area (Å²) in [6.45, 7) is 1.87. The van der Waals surface area contributed by atoms with E-state index in [-0.39, 0.29) is 11.3 Å². The molecule has 1 aromatic carbocycles. The fourth-order valence-electron chi connectivity index (χ4n) is 1.62. The Hall–Kier alpha value is -2.74. The highest BCUT2D eigenvalue weighted by atomic mass is 16.6. The van der Waals surface area contributed by atoms with Crippen molar-refractivity contribution in [3.63, 3.8) is 0 Å². The number of rotatable bonds is 2. The number of nitrogens with zero attached hydrogens (tertiary/aromatic N) is 3. The number of non-ortho nitro benzene ring substituents is 1.